The fourth-order valence-electron chi connectivity index (χ4n) is 3.96. The summed E-state index contributed by atoms with van der Waals surface area (Å²) in [6.07, 6.45) is -1.24. The van der Waals surface area contributed by atoms with Gasteiger partial charge < -0.3 is 41.2 Å². The molecule has 0 aliphatic carbocycles. The molecule has 0 aromatic rings. The van der Waals surface area contributed by atoms with Gasteiger partial charge in [-0.2, -0.15) is 18.7 Å². The van der Waals surface area contributed by atoms with Crippen molar-refractivity contribution in [3.05, 3.63) is 0 Å². The zero-order valence-corrected chi connectivity index (χ0v) is 29.4. The standard InChI is InChI=1S/C10H20O8P2.C10H22O4.H4O8P2.2H2O/c1-3-8-5-10(18-20(13,14)16-8)6-9-4-7(2)15-19(11,12)17-9;1-3-8(12)5-10(14)6-9(13)4-7(2)11;1-3-5-6-10-8-7-9-4-2;;/h7-10H,3-6H2,1-2H3,(H,11,12)(H,13,14);7-14H,3-6H2,1-2H3;1-2,9-10H;2*1H2. The maximum Gasteiger partial charge on any atom is 0.472 e. The first-order valence-electron chi connectivity index (χ1n) is 13.4. The van der Waals surface area contributed by atoms with E-state index in [0.29, 0.717) is 25.7 Å². The number of phosphoric acid groups is 2. The third kappa shape index (κ3) is 27.4. The predicted octanol–water partition coefficient (Wildman–Crippen LogP) is 1.53. The summed E-state index contributed by atoms with van der Waals surface area (Å²) in [4.78, 5) is 18.9. The van der Waals surface area contributed by atoms with Crippen LogP contribution in [0, 0.1) is 0 Å². The van der Waals surface area contributed by atoms with Crippen LogP contribution in [-0.4, -0.2) is 101 Å². The summed E-state index contributed by atoms with van der Waals surface area (Å²) in [6.45, 7) is 6.96. The smallest absolute Gasteiger partial charge is 0.412 e. The molecule has 0 aromatic carbocycles. The van der Waals surface area contributed by atoms with Crippen molar-refractivity contribution in [1.82, 2.24) is 0 Å². The van der Waals surface area contributed by atoms with Crippen molar-refractivity contribution in [2.24, 2.45) is 0 Å². The van der Waals surface area contributed by atoms with Crippen LogP contribution in [0.2, 0.25) is 0 Å². The monoisotopic (exact) mass is 766 g/mol. The van der Waals surface area contributed by atoms with Gasteiger partial charge in [0.2, 0.25) is 18.1 Å². The van der Waals surface area contributed by atoms with E-state index in [0.717, 1.165) is 0 Å². The average Bonchev–Trinajstić information content (AvgIpc) is 2.88. The molecule has 12 N–H and O–H groups in total. The van der Waals surface area contributed by atoms with Crippen LogP contribution in [0.3, 0.4) is 0 Å². The van der Waals surface area contributed by atoms with Crippen LogP contribution in [0.15, 0.2) is 0 Å². The fourth-order valence-corrected chi connectivity index (χ4v) is 6.70. The molecule has 26 heteroatoms. The molecular weight excluding hydrogens is 716 g/mol. The second kappa shape index (κ2) is 28.2. The van der Waals surface area contributed by atoms with E-state index in [1.807, 2.05) is 13.8 Å². The molecule has 0 spiro atoms. The predicted molar refractivity (Wildman–Crippen MR) is 158 cm³/mol. The Hall–Kier alpha value is 0.520. The lowest BCUT2D eigenvalue weighted by Gasteiger charge is -2.35. The first-order chi connectivity index (χ1) is 20.6. The van der Waals surface area contributed by atoms with Crippen LogP contribution in [0.1, 0.15) is 79.1 Å². The number of hydrogen-bond acceptors (Lipinski definition) is 18. The Morgan fingerprint density at radius 2 is 1.26 bits per heavy atom. The molecular formula is C20H50O22P4. The van der Waals surface area contributed by atoms with Gasteiger partial charge >= 0.3 is 15.6 Å². The summed E-state index contributed by atoms with van der Waals surface area (Å²) in [5.74, 6) is 0. The Morgan fingerprint density at radius 3 is 1.76 bits per heavy atom. The summed E-state index contributed by atoms with van der Waals surface area (Å²) in [6, 6.07) is 0. The molecule has 2 fully saturated rings. The topological polar surface area (TPSA) is 351 Å². The second-order valence-corrected chi connectivity index (χ2v) is 13.5. The van der Waals surface area contributed by atoms with Crippen molar-refractivity contribution in [2.75, 3.05) is 0 Å². The van der Waals surface area contributed by atoms with Gasteiger partial charge in [0, 0.05) is 19.3 Å². The maximum atomic E-state index is 11.6. The van der Waals surface area contributed by atoms with Crippen molar-refractivity contribution in [2.45, 2.75) is 128 Å². The molecule has 2 aliphatic heterocycles. The molecule has 2 saturated heterocycles. The highest BCUT2D eigenvalue weighted by Gasteiger charge is 2.41. The SMILES string of the molecule is CCC(O)CC(O)CC(O)CC(C)O.CCC1CC(CC2CC(C)OP(=O)(O)O2)OP(=O)(O)O1.O.O.OOOOPOOPOO. The van der Waals surface area contributed by atoms with Gasteiger partial charge in [-0.15, -0.1) is 0 Å². The summed E-state index contributed by atoms with van der Waals surface area (Å²) in [5.41, 5.74) is 0. The highest BCUT2D eigenvalue weighted by Crippen LogP contribution is 2.54. The van der Waals surface area contributed by atoms with Crippen molar-refractivity contribution < 1.29 is 108 Å². The zero-order chi connectivity index (χ0) is 33.8. The van der Waals surface area contributed by atoms with Crippen LogP contribution < -0.4 is 0 Å². The maximum absolute atomic E-state index is 11.6. The van der Waals surface area contributed by atoms with E-state index in [-0.39, 0.29) is 42.7 Å². The molecule has 0 amide bonds. The summed E-state index contributed by atoms with van der Waals surface area (Å²) in [5, 5.41) is 58.6. The number of aliphatic hydroxyl groups excluding tert-OH is 4. The summed E-state index contributed by atoms with van der Waals surface area (Å²) in [7, 11) is -9.42. The van der Waals surface area contributed by atoms with E-state index in [4.69, 9.17) is 33.7 Å². The minimum Gasteiger partial charge on any atom is -0.412 e. The van der Waals surface area contributed by atoms with Crippen LogP contribution in [-0.2, 0) is 56.0 Å². The molecule has 46 heavy (non-hydrogen) atoms. The quantitative estimate of drug-likeness (QED) is 0.0450. The van der Waals surface area contributed by atoms with E-state index < -0.39 is 76.4 Å². The first kappa shape index (κ1) is 50.9. The lowest BCUT2D eigenvalue weighted by atomic mass is 10.0. The Balaban J connectivity index is -0.000000629. The van der Waals surface area contributed by atoms with Gasteiger partial charge in [0.1, 0.15) is 0 Å². The minimum atomic E-state index is -4.05. The van der Waals surface area contributed by atoms with Crippen molar-refractivity contribution >= 4 is 33.7 Å². The third-order valence-electron chi connectivity index (χ3n) is 5.68. The lowest BCUT2D eigenvalue weighted by molar-refractivity contribution is -0.594. The molecule has 2 aliphatic rings. The van der Waals surface area contributed by atoms with E-state index in [1.54, 1.807) is 13.8 Å². The van der Waals surface area contributed by atoms with E-state index >= 15 is 0 Å². The highest BCUT2D eigenvalue weighted by molar-refractivity contribution is 7.47. The van der Waals surface area contributed by atoms with Crippen LogP contribution >= 0.6 is 33.7 Å². The van der Waals surface area contributed by atoms with Gasteiger partial charge in [0.15, 0.2) is 0 Å². The highest BCUT2D eigenvalue weighted by atomic mass is 31.2. The lowest BCUT2D eigenvalue weighted by Crippen LogP contribution is -2.34. The molecule has 12 atom stereocenters. The molecule has 0 radical (unpaired) electrons. The summed E-state index contributed by atoms with van der Waals surface area (Å²) < 4.78 is 58.3. The molecule has 0 saturated carbocycles. The number of rotatable bonds is 17. The molecule has 2 rings (SSSR count). The van der Waals surface area contributed by atoms with Gasteiger partial charge in [-0.05, 0) is 56.0 Å². The van der Waals surface area contributed by atoms with E-state index in [9.17, 15) is 34.2 Å². The summed E-state index contributed by atoms with van der Waals surface area (Å²) >= 11 is 0. The minimum absolute atomic E-state index is 0. The second-order valence-electron chi connectivity index (χ2n) is 9.73. The van der Waals surface area contributed by atoms with E-state index in [1.165, 1.54) is 0 Å². The Morgan fingerprint density at radius 1 is 0.761 bits per heavy atom. The fraction of sp³-hybridized carbons (Fsp3) is 1.00. The van der Waals surface area contributed by atoms with Crippen LogP contribution in [0.25, 0.3) is 0 Å². The van der Waals surface area contributed by atoms with Gasteiger partial charge in [-0.3, -0.25) is 18.1 Å². The van der Waals surface area contributed by atoms with Crippen LogP contribution in [0.5, 0.6) is 0 Å². The van der Waals surface area contributed by atoms with Crippen molar-refractivity contribution in [3.63, 3.8) is 0 Å². The number of hydrogen-bond donors (Lipinski definition) is 8. The van der Waals surface area contributed by atoms with Crippen LogP contribution in [0.4, 0.5) is 0 Å². The molecule has 0 aromatic heterocycles. The first-order valence-corrected chi connectivity index (χ1v) is 18.1. The Labute approximate surface area is 269 Å². The van der Waals surface area contributed by atoms with E-state index in [2.05, 4.69) is 28.8 Å². The van der Waals surface area contributed by atoms with Gasteiger partial charge in [0.25, 0.3) is 0 Å². The van der Waals surface area contributed by atoms with Gasteiger partial charge in [-0.25, -0.2) is 19.6 Å². The molecule has 22 nitrogen and oxygen atoms in total. The Kier molecular flexibility index (Phi) is 31.2. The normalized spacial score (nSPS) is 30.6. The van der Waals surface area contributed by atoms with Gasteiger partial charge in [-0.1, -0.05) is 13.8 Å². The molecule has 0 bridgehead atoms. The zero-order valence-electron chi connectivity index (χ0n) is 25.6. The Bertz CT molecular complexity index is 808. The van der Waals surface area contributed by atoms with Gasteiger partial charge in [0.05, 0.1) is 48.8 Å². The number of phosphoric ester groups is 2. The van der Waals surface area contributed by atoms with Crippen molar-refractivity contribution in [3.8, 4) is 0 Å². The average molecular weight is 766 g/mol. The molecule has 282 valence electrons. The number of aliphatic hydroxyl groups is 4. The molecule has 2 heterocycles. The third-order valence-corrected chi connectivity index (χ3v) is 8.68. The molecule has 12 unspecified atom stereocenters. The van der Waals surface area contributed by atoms with Crippen molar-refractivity contribution in [1.29, 1.82) is 0 Å². The largest absolute Gasteiger partial charge is 0.472 e.